The fourth-order valence-electron chi connectivity index (χ4n) is 2.32. The first kappa shape index (κ1) is 16.2. The van der Waals surface area contributed by atoms with Gasteiger partial charge in [0.25, 0.3) is 0 Å². The fourth-order valence-corrected chi connectivity index (χ4v) is 3.17. The van der Waals surface area contributed by atoms with Crippen LogP contribution in [-0.4, -0.2) is 17.6 Å². The van der Waals surface area contributed by atoms with E-state index in [0.717, 1.165) is 24.0 Å². The second kappa shape index (κ2) is 8.99. The average molecular weight is 302 g/mol. The van der Waals surface area contributed by atoms with Gasteiger partial charge in [0, 0.05) is 0 Å². The Labute approximate surface area is 133 Å². The molecule has 2 aromatic rings. The summed E-state index contributed by atoms with van der Waals surface area (Å²) in [6.07, 6.45) is 5.07. The van der Waals surface area contributed by atoms with Crippen LogP contribution in [0.4, 0.5) is 0 Å². The predicted molar refractivity (Wildman–Crippen MR) is 95.5 cm³/mol. The summed E-state index contributed by atoms with van der Waals surface area (Å²) in [6, 6.07) is 14.7. The van der Waals surface area contributed by atoms with Crippen molar-refractivity contribution in [3.8, 4) is 5.75 Å². The Morgan fingerprint density at radius 1 is 0.905 bits per heavy atom. The van der Waals surface area contributed by atoms with E-state index in [1.807, 2.05) is 0 Å². The van der Waals surface area contributed by atoms with Gasteiger partial charge in [-0.3, -0.25) is 0 Å². The third kappa shape index (κ3) is 6.01. The van der Waals surface area contributed by atoms with Gasteiger partial charge in [0.15, 0.2) is 0 Å². The minimum atomic E-state index is 0.765. The summed E-state index contributed by atoms with van der Waals surface area (Å²) < 4.78 is 5.85. The molecule has 0 aliphatic carbocycles. The van der Waals surface area contributed by atoms with Gasteiger partial charge in [-0.2, -0.15) is 11.8 Å². The molecular weight excluding hydrogens is 276 g/mol. The molecule has 1 nitrogen and oxygen atoms in total. The minimum Gasteiger partial charge on any atom is -0.494 e. The van der Waals surface area contributed by atoms with Crippen LogP contribution in [0.15, 0.2) is 42.5 Å². The number of fused-ring (bicyclic) bond motifs is 1. The molecule has 0 bridgehead atoms. The Morgan fingerprint density at radius 3 is 2.48 bits per heavy atom. The number of rotatable bonds is 9. The highest BCUT2D eigenvalue weighted by Gasteiger charge is 1.98. The highest BCUT2D eigenvalue weighted by molar-refractivity contribution is 7.99. The first-order valence-electron chi connectivity index (χ1n) is 7.99. The average Bonchev–Trinajstić information content (AvgIpc) is 2.49. The molecule has 0 saturated carbocycles. The lowest BCUT2D eigenvalue weighted by Crippen LogP contribution is -1.97. The molecule has 114 valence electrons. The second-order valence-corrected chi connectivity index (χ2v) is 7.38. The van der Waals surface area contributed by atoms with Crippen molar-refractivity contribution >= 4 is 22.5 Å². The molecule has 0 amide bonds. The number of hydrogen-bond donors (Lipinski definition) is 0. The highest BCUT2D eigenvalue weighted by Crippen LogP contribution is 2.21. The summed E-state index contributed by atoms with van der Waals surface area (Å²) in [4.78, 5) is 0. The summed E-state index contributed by atoms with van der Waals surface area (Å²) in [5.74, 6) is 2.28. The maximum Gasteiger partial charge on any atom is 0.119 e. The second-order valence-electron chi connectivity index (χ2n) is 5.69. The molecular formula is C19H26OS. The summed E-state index contributed by atoms with van der Waals surface area (Å²) in [7, 11) is 0. The lowest BCUT2D eigenvalue weighted by atomic mass is 10.1. The van der Waals surface area contributed by atoms with Crippen molar-refractivity contribution in [2.45, 2.75) is 44.8 Å². The Hall–Kier alpha value is -1.15. The molecule has 2 heteroatoms. The number of unbranched alkanes of at least 4 members (excludes halogenated alkanes) is 3. The van der Waals surface area contributed by atoms with E-state index >= 15 is 0 Å². The van der Waals surface area contributed by atoms with E-state index in [4.69, 9.17) is 4.74 Å². The molecule has 0 saturated heterocycles. The molecule has 0 unspecified atom stereocenters. The summed E-state index contributed by atoms with van der Waals surface area (Å²) in [6.45, 7) is 5.36. The van der Waals surface area contributed by atoms with Crippen LogP contribution in [0.2, 0.25) is 0 Å². The van der Waals surface area contributed by atoms with Crippen molar-refractivity contribution in [2.75, 3.05) is 12.4 Å². The van der Waals surface area contributed by atoms with Gasteiger partial charge >= 0.3 is 0 Å². The van der Waals surface area contributed by atoms with Crippen LogP contribution in [0.5, 0.6) is 5.75 Å². The number of ether oxygens (including phenoxy) is 1. The summed E-state index contributed by atoms with van der Waals surface area (Å²) in [5.41, 5.74) is 0. The van der Waals surface area contributed by atoms with Crippen molar-refractivity contribution in [1.82, 2.24) is 0 Å². The van der Waals surface area contributed by atoms with Gasteiger partial charge in [0.05, 0.1) is 6.61 Å². The highest BCUT2D eigenvalue weighted by atomic mass is 32.2. The largest absolute Gasteiger partial charge is 0.494 e. The van der Waals surface area contributed by atoms with Crippen molar-refractivity contribution in [3.63, 3.8) is 0 Å². The van der Waals surface area contributed by atoms with Crippen LogP contribution >= 0.6 is 11.8 Å². The molecule has 2 aromatic carbocycles. The van der Waals surface area contributed by atoms with Crippen LogP contribution in [0.3, 0.4) is 0 Å². The van der Waals surface area contributed by atoms with E-state index in [1.54, 1.807) is 0 Å². The lowest BCUT2D eigenvalue weighted by molar-refractivity contribution is 0.305. The molecule has 0 aromatic heterocycles. The van der Waals surface area contributed by atoms with Crippen LogP contribution in [-0.2, 0) is 0 Å². The lowest BCUT2D eigenvalue weighted by Gasteiger charge is -2.08. The molecule has 0 fully saturated rings. The third-order valence-electron chi connectivity index (χ3n) is 3.48. The van der Waals surface area contributed by atoms with E-state index in [1.165, 1.54) is 35.8 Å². The normalized spacial score (nSPS) is 11.2. The maximum absolute atomic E-state index is 5.85. The molecule has 0 radical (unpaired) electrons. The van der Waals surface area contributed by atoms with Gasteiger partial charge in [-0.25, -0.2) is 0 Å². The summed E-state index contributed by atoms with van der Waals surface area (Å²) >= 11 is 2.06. The van der Waals surface area contributed by atoms with E-state index in [9.17, 15) is 0 Å². The van der Waals surface area contributed by atoms with Crippen LogP contribution < -0.4 is 4.74 Å². The minimum absolute atomic E-state index is 0.765. The molecule has 0 N–H and O–H groups in total. The molecule has 0 heterocycles. The van der Waals surface area contributed by atoms with Crippen molar-refractivity contribution in [3.05, 3.63) is 42.5 Å². The molecule has 21 heavy (non-hydrogen) atoms. The van der Waals surface area contributed by atoms with Gasteiger partial charge in [0.1, 0.15) is 5.75 Å². The monoisotopic (exact) mass is 302 g/mol. The third-order valence-corrected chi connectivity index (χ3v) is 4.67. The van der Waals surface area contributed by atoms with E-state index in [-0.39, 0.29) is 0 Å². The SMILES string of the molecule is CC(C)SCCCCCCOc1ccc2ccccc2c1. The van der Waals surface area contributed by atoms with Crippen molar-refractivity contribution < 1.29 is 4.74 Å². The zero-order chi connectivity index (χ0) is 14.9. The number of benzene rings is 2. The van der Waals surface area contributed by atoms with E-state index < -0.39 is 0 Å². The van der Waals surface area contributed by atoms with Crippen molar-refractivity contribution in [2.24, 2.45) is 0 Å². The van der Waals surface area contributed by atoms with Gasteiger partial charge in [-0.05, 0) is 46.7 Å². The smallest absolute Gasteiger partial charge is 0.119 e. The van der Waals surface area contributed by atoms with Crippen molar-refractivity contribution in [1.29, 1.82) is 0 Å². The van der Waals surface area contributed by atoms with Crippen LogP contribution in [0.1, 0.15) is 39.5 Å². The maximum atomic E-state index is 5.85. The van der Waals surface area contributed by atoms with Crippen LogP contribution in [0, 0.1) is 0 Å². The van der Waals surface area contributed by atoms with E-state index in [2.05, 4.69) is 68.1 Å². The standard InChI is InChI=1S/C19H26OS/c1-16(2)21-14-8-4-3-7-13-20-19-12-11-17-9-5-6-10-18(17)15-19/h5-6,9-12,15-16H,3-4,7-8,13-14H2,1-2H3. The molecule has 0 aliphatic heterocycles. The van der Waals surface area contributed by atoms with Crippen LogP contribution in [0.25, 0.3) is 10.8 Å². The zero-order valence-electron chi connectivity index (χ0n) is 13.2. The Balaban J connectivity index is 1.61. The Bertz CT molecular complexity index is 536. The quantitative estimate of drug-likeness (QED) is 0.532. The van der Waals surface area contributed by atoms with Gasteiger partial charge in [-0.1, -0.05) is 57.0 Å². The zero-order valence-corrected chi connectivity index (χ0v) is 14.0. The first-order valence-corrected chi connectivity index (χ1v) is 9.04. The first-order chi connectivity index (χ1) is 10.3. The number of hydrogen-bond acceptors (Lipinski definition) is 2. The molecule has 0 atom stereocenters. The topological polar surface area (TPSA) is 9.23 Å². The Kier molecular flexibility index (Phi) is 6.94. The van der Waals surface area contributed by atoms with Gasteiger partial charge < -0.3 is 4.74 Å². The van der Waals surface area contributed by atoms with E-state index in [0.29, 0.717) is 0 Å². The predicted octanol–water partition coefficient (Wildman–Crippen LogP) is 5.92. The molecule has 2 rings (SSSR count). The Morgan fingerprint density at radius 2 is 1.67 bits per heavy atom. The summed E-state index contributed by atoms with van der Waals surface area (Å²) in [5, 5.41) is 3.29. The van der Waals surface area contributed by atoms with Gasteiger partial charge in [-0.15, -0.1) is 0 Å². The van der Waals surface area contributed by atoms with Gasteiger partial charge in [0.2, 0.25) is 0 Å². The molecule has 0 aliphatic rings. The molecule has 0 spiro atoms. The fraction of sp³-hybridized carbons (Fsp3) is 0.474. The number of thioether (sulfide) groups is 1.